The molecule has 2 atom stereocenters. The molecular weight excluding hydrogens is 236 g/mol. The van der Waals surface area contributed by atoms with Crippen LogP contribution < -0.4 is 10.6 Å². The quantitative estimate of drug-likeness (QED) is 0.651. The van der Waals surface area contributed by atoms with Gasteiger partial charge >= 0.3 is 5.97 Å². The van der Waals surface area contributed by atoms with Crippen LogP contribution in [0.5, 0.6) is 0 Å². The second-order valence-electron chi connectivity index (χ2n) is 5.07. The highest BCUT2D eigenvalue weighted by Crippen LogP contribution is 2.12. The van der Waals surface area contributed by atoms with Crippen molar-refractivity contribution in [3.63, 3.8) is 0 Å². The van der Waals surface area contributed by atoms with Crippen molar-refractivity contribution in [3.05, 3.63) is 0 Å². The zero-order valence-corrected chi connectivity index (χ0v) is 10.7. The van der Waals surface area contributed by atoms with Gasteiger partial charge in [0.05, 0.1) is 5.92 Å². The van der Waals surface area contributed by atoms with E-state index in [2.05, 4.69) is 10.6 Å². The van der Waals surface area contributed by atoms with Crippen LogP contribution in [-0.4, -0.2) is 35.5 Å². The lowest BCUT2D eigenvalue weighted by Crippen LogP contribution is -2.48. The predicted molar refractivity (Wildman–Crippen MR) is 64.8 cm³/mol. The maximum absolute atomic E-state index is 11.9. The lowest BCUT2D eigenvalue weighted by molar-refractivity contribution is -0.143. The maximum Gasteiger partial charge on any atom is 0.326 e. The highest BCUT2D eigenvalue weighted by molar-refractivity contribution is 5.87. The third-order valence-corrected chi connectivity index (χ3v) is 2.96. The molecule has 1 aliphatic rings. The van der Waals surface area contributed by atoms with Crippen molar-refractivity contribution in [2.45, 2.75) is 39.2 Å². The average molecular weight is 256 g/mol. The number of carbonyl (C=O) groups excluding carboxylic acids is 2. The van der Waals surface area contributed by atoms with Crippen LogP contribution in [0, 0.1) is 11.8 Å². The lowest BCUT2D eigenvalue weighted by Gasteiger charge is -2.24. The van der Waals surface area contributed by atoms with Crippen molar-refractivity contribution in [3.8, 4) is 0 Å². The number of carboxylic acid groups (broad SMARTS) is 1. The summed E-state index contributed by atoms with van der Waals surface area (Å²) < 4.78 is 0. The Morgan fingerprint density at radius 1 is 1.50 bits per heavy atom. The van der Waals surface area contributed by atoms with Gasteiger partial charge in [0.2, 0.25) is 11.8 Å². The minimum atomic E-state index is -1.02. The lowest BCUT2D eigenvalue weighted by atomic mass is 9.97. The number of amides is 2. The minimum absolute atomic E-state index is 0.0592. The Morgan fingerprint density at radius 2 is 2.17 bits per heavy atom. The molecule has 3 N–H and O–H groups in total. The third kappa shape index (κ3) is 4.35. The number of hydrogen-bond acceptors (Lipinski definition) is 3. The van der Waals surface area contributed by atoms with E-state index in [1.165, 1.54) is 0 Å². The Kier molecular flexibility index (Phi) is 5.12. The van der Waals surface area contributed by atoms with Crippen LogP contribution in [0.1, 0.15) is 33.1 Å². The molecule has 1 fully saturated rings. The first-order valence-corrected chi connectivity index (χ1v) is 6.20. The smallest absolute Gasteiger partial charge is 0.326 e. The van der Waals surface area contributed by atoms with Crippen molar-refractivity contribution in [2.75, 3.05) is 6.54 Å². The topological polar surface area (TPSA) is 95.5 Å². The number of carbonyl (C=O) groups is 3. The van der Waals surface area contributed by atoms with Crippen LogP contribution in [0.2, 0.25) is 0 Å². The van der Waals surface area contributed by atoms with E-state index in [1.807, 2.05) is 13.8 Å². The molecule has 0 aromatic heterocycles. The van der Waals surface area contributed by atoms with Gasteiger partial charge in [0.1, 0.15) is 6.04 Å². The maximum atomic E-state index is 11.9. The summed E-state index contributed by atoms with van der Waals surface area (Å²) in [6, 6.07) is -0.852. The van der Waals surface area contributed by atoms with E-state index < -0.39 is 12.0 Å². The van der Waals surface area contributed by atoms with Gasteiger partial charge in [-0.3, -0.25) is 9.59 Å². The molecule has 0 unspecified atom stereocenters. The molecule has 0 aromatic rings. The molecule has 1 heterocycles. The molecule has 102 valence electrons. The number of piperidine rings is 1. The summed E-state index contributed by atoms with van der Waals surface area (Å²) in [5.74, 6) is -1.50. The Balaban J connectivity index is 2.50. The summed E-state index contributed by atoms with van der Waals surface area (Å²) in [7, 11) is 0. The number of rotatable bonds is 5. The molecule has 1 saturated heterocycles. The van der Waals surface area contributed by atoms with Crippen LogP contribution in [0.3, 0.4) is 0 Å². The van der Waals surface area contributed by atoms with Gasteiger partial charge in [-0.15, -0.1) is 0 Å². The average Bonchev–Trinajstić information content (AvgIpc) is 2.28. The number of aliphatic carboxylic acids is 1. The van der Waals surface area contributed by atoms with E-state index in [0.717, 1.165) is 0 Å². The van der Waals surface area contributed by atoms with Gasteiger partial charge in [0, 0.05) is 13.0 Å². The van der Waals surface area contributed by atoms with E-state index in [4.69, 9.17) is 5.11 Å². The van der Waals surface area contributed by atoms with Crippen LogP contribution >= 0.6 is 0 Å². The van der Waals surface area contributed by atoms with Crippen molar-refractivity contribution >= 4 is 17.8 Å². The number of hydrogen-bond donors (Lipinski definition) is 3. The Morgan fingerprint density at radius 3 is 2.61 bits per heavy atom. The summed E-state index contributed by atoms with van der Waals surface area (Å²) in [6.07, 6.45) is 1.20. The van der Waals surface area contributed by atoms with Crippen molar-refractivity contribution < 1.29 is 19.5 Å². The largest absolute Gasteiger partial charge is 0.480 e. The molecule has 0 aliphatic carbocycles. The summed E-state index contributed by atoms with van der Waals surface area (Å²) in [4.78, 5) is 33.9. The van der Waals surface area contributed by atoms with Crippen LogP contribution in [-0.2, 0) is 14.4 Å². The van der Waals surface area contributed by atoms with E-state index >= 15 is 0 Å². The first-order valence-electron chi connectivity index (χ1n) is 6.20. The van der Waals surface area contributed by atoms with Crippen molar-refractivity contribution in [1.29, 1.82) is 0 Å². The molecule has 0 spiro atoms. The Labute approximate surface area is 106 Å². The molecule has 1 aliphatic heterocycles. The fraction of sp³-hybridized carbons (Fsp3) is 0.750. The summed E-state index contributed by atoms with van der Waals surface area (Å²) in [6.45, 7) is 4.10. The summed E-state index contributed by atoms with van der Waals surface area (Å²) >= 11 is 0. The molecule has 18 heavy (non-hydrogen) atoms. The Hall–Kier alpha value is -1.59. The molecular formula is C12H20N2O4. The normalized spacial score (nSPS) is 21.3. The molecule has 6 nitrogen and oxygen atoms in total. The minimum Gasteiger partial charge on any atom is -0.480 e. The van der Waals surface area contributed by atoms with Gasteiger partial charge < -0.3 is 15.7 Å². The fourth-order valence-corrected chi connectivity index (χ4v) is 1.94. The van der Waals surface area contributed by atoms with E-state index in [1.54, 1.807) is 0 Å². The van der Waals surface area contributed by atoms with E-state index in [-0.39, 0.29) is 23.7 Å². The van der Waals surface area contributed by atoms with Crippen LogP contribution in [0.15, 0.2) is 0 Å². The van der Waals surface area contributed by atoms with Crippen LogP contribution in [0.4, 0.5) is 0 Å². The second-order valence-corrected chi connectivity index (χ2v) is 5.07. The number of carboxylic acids is 1. The van der Waals surface area contributed by atoms with Gasteiger partial charge in [-0.2, -0.15) is 0 Å². The van der Waals surface area contributed by atoms with E-state index in [0.29, 0.717) is 25.8 Å². The van der Waals surface area contributed by atoms with Crippen LogP contribution in [0.25, 0.3) is 0 Å². The van der Waals surface area contributed by atoms with Gasteiger partial charge in [-0.05, 0) is 18.8 Å². The summed E-state index contributed by atoms with van der Waals surface area (Å²) in [5.41, 5.74) is 0. The predicted octanol–water partition coefficient (Wildman–Crippen LogP) is 0.128. The zero-order valence-electron chi connectivity index (χ0n) is 10.7. The molecule has 0 radical (unpaired) electrons. The second kappa shape index (κ2) is 6.37. The Bertz CT molecular complexity index is 331. The van der Waals surface area contributed by atoms with Gasteiger partial charge in [0.15, 0.2) is 0 Å². The standard InChI is InChI=1S/C12H20N2O4/c1-7(2)5-9(12(17)18)14-11(16)8-3-4-10(15)13-6-8/h7-9H,3-6H2,1-2H3,(H,13,15)(H,14,16)(H,17,18)/t8-,9-/m0/s1. The van der Waals surface area contributed by atoms with Gasteiger partial charge in [-0.1, -0.05) is 13.8 Å². The summed E-state index contributed by atoms with van der Waals surface area (Å²) in [5, 5.41) is 14.2. The highest BCUT2D eigenvalue weighted by Gasteiger charge is 2.28. The molecule has 1 rings (SSSR count). The number of nitrogens with one attached hydrogen (secondary N) is 2. The highest BCUT2D eigenvalue weighted by atomic mass is 16.4. The van der Waals surface area contributed by atoms with Crippen molar-refractivity contribution in [1.82, 2.24) is 10.6 Å². The molecule has 2 amide bonds. The molecule has 0 bridgehead atoms. The monoisotopic (exact) mass is 256 g/mol. The first-order chi connectivity index (χ1) is 8.40. The zero-order chi connectivity index (χ0) is 13.7. The van der Waals surface area contributed by atoms with Crippen molar-refractivity contribution in [2.24, 2.45) is 11.8 Å². The van der Waals surface area contributed by atoms with Gasteiger partial charge in [-0.25, -0.2) is 4.79 Å². The molecule has 0 saturated carbocycles. The van der Waals surface area contributed by atoms with Gasteiger partial charge in [0.25, 0.3) is 0 Å². The SMILES string of the molecule is CC(C)C[C@H](NC(=O)[C@H]1CCC(=O)NC1)C(=O)O. The molecule has 0 aromatic carbocycles. The fourth-order valence-electron chi connectivity index (χ4n) is 1.94. The third-order valence-electron chi connectivity index (χ3n) is 2.96. The molecule has 6 heteroatoms. The first kappa shape index (κ1) is 14.5. The van der Waals surface area contributed by atoms with E-state index in [9.17, 15) is 14.4 Å².